The molecule has 2 aromatic carbocycles. The van der Waals surface area contributed by atoms with Crippen LogP contribution in [-0.4, -0.2) is 31.5 Å². The summed E-state index contributed by atoms with van der Waals surface area (Å²) in [5.74, 6) is 0.353. The van der Waals surface area contributed by atoms with Crippen molar-refractivity contribution in [3.8, 4) is 5.75 Å². The predicted octanol–water partition coefficient (Wildman–Crippen LogP) is 2.31. The first-order valence-electron chi connectivity index (χ1n) is 7.94. The summed E-state index contributed by atoms with van der Waals surface area (Å²) in [5.41, 5.74) is 1.56. The number of hydrogen-bond acceptors (Lipinski definition) is 3. The van der Waals surface area contributed by atoms with Crippen LogP contribution in [0.4, 0.5) is 0 Å². The van der Waals surface area contributed by atoms with Crippen LogP contribution in [0.2, 0.25) is 0 Å². The number of aryl methyl sites for hydroxylation is 1. The Hall–Kier alpha value is -2.82. The molecule has 0 fully saturated rings. The van der Waals surface area contributed by atoms with Gasteiger partial charge in [0.25, 0.3) is 5.91 Å². The number of rotatable bonds is 8. The topological polar surface area (TPSA) is 67.4 Å². The van der Waals surface area contributed by atoms with Crippen molar-refractivity contribution < 1.29 is 14.3 Å². The summed E-state index contributed by atoms with van der Waals surface area (Å²) in [5, 5.41) is 5.36. The SMILES string of the molecule is Cc1cccc(C(=O)NCC(=O)NCCCOc2ccccc2)c1. The summed E-state index contributed by atoms with van der Waals surface area (Å²) in [6, 6.07) is 16.8. The van der Waals surface area contributed by atoms with E-state index in [-0.39, 0.29) is 18.4 Å². The van der Waals surface area contributed by atoms with Crippen LogP contribution in [0.5, 0.6) is 5.75 Å². The van der Waals surface area contributed by atoms with Crippen LogP contribution in [0.1, 0.15) is 22.3 Å². The maximum Gasteiger partial charge on any atom is 0.251 e. The van der Waals surface area contributed by atoms with Gasteiger partial charge in [-0.15, -0.1) is 0 Å². The molecule has 2 N–H and O–H groups in total. The lowest BCUT2D eigenvalue weighted by molar-refractivity contribution is -0.120. The molecule has 0 aliphatic heterocycles. The molecule has 2 rings (SSSR count). The van der Waals surface area contributed by atoms with Gasteiger partial charge in [-0.05, 0) is 37.6 Å². The third-order valence-electron chi connectivity index (χ3n) is 3.34. The van der Waals surface area contributed by atoms with Crippen molar-refractivity contribution in [2.75, 3.05) is 19.7 Å². The standard InChI is InChI=1S/C19H22N2O3/c1-15-7-5-8-16(13-15)19(23)21-14-18(22)20-11-6-12-24-17-9-3-2-4-10-17/h2-5,7-10,13H,6,11-12,14H2,1H3,(H,20,22)(H,21,23). The van der Waals surface area contributed by atoms with Crippen LogP contribution in [0, 0.1) is 6.92 Å². The molecule has 0 atom stereocenters. The molecular weight excluding hydrogens is 304 g/mol. The fraction of sp³-hybridized carbons (Fsp3) is 0.263. The van der Waals surface area contributed by atoms with E-state index >= 15 is 0 Å². The van der Waals surface area contributed by atoms with Gasteiger partial charge in [0.15, 0.2) is 0 Å². The Balaban J connectivity index is 1.59. The molecule has 5 heteroatoms. The van der Waals surface area contributed by atoms with Gasteiger partial charge in [-0.3, -0.25) is 9.59 Å². The summed E-state index contributed by atoms with van der Waals surface area (Å²) < 4.78 is 5.53. The van der Waals surface area contributed by atoms with Crippen LogP contribution in [0.15, 0.2) is 54.6 Å². The summed E-state index contributed by atoms with van der Waals surface area (Å²) in [7, 11) is 0. The normalized spacial score (nSPS) is 10.0. The van der Waals surface area contributed by atoms with Crippen molar-refractivity contribution in [1.29, 1.82) is 0 Å². The van der Waals surface area contributed by atoms with E-state index in [1.165, 1.54) is 0 Å². The highest BCUT2D eigenvalue weighted by atomic mass is 16.5. The Morgan fingerprint density at radius 2 is 1.79 bits per heavy atom. The van der Waals surface area contributed by atoms with Gasteiger partial charge in [0.05, 0.1) is 13.2 Å². The van der Waals surface area contributed by atoms with E-state index < -0.39 is 0 Å². The number of amides is 2. The minimum Gasteiger partial charge on any atom is -0.494 e. The van der Waals surface area contributed by atoms with E-state index in [2.05, 4.69) is 10.6 Å². The zero-order valence-electron chi connectivity index (χ0n) is 13.7. The third kappa shape index (κ3) is 6.12. The highest BCUT2D eigenvalue weighted by molar-refractivity contribution is 5.96. The Labute approximate surface area is 142 Å². The lowest BCUT2D eigenvalue weighted by Crippen LogP contribution is -2.37. The Bertz CT molecular complexity index is 671. The monoisotopic (exact) mass is 326 g/mol. The lowest BCUT2D eigenvalue weighted by Gasteiger charge is -2.08. The summed E-state index contributed by atoms with van der Waals surface area (Å²) in [6.45, 7) is 2.92. The third-order valence-corrected chi connectivity index (χ3v) is 3.34. The summed E-state index contributed by atoms with van der Waals surface area (Å²) >= 11 is 0. The molecule has 24 heavy (non-hydrogen) atoms. The molecule has 5 nitrogen and oxygen atoms in total. The molecular formula is C19H22N2O3. The van der Waals surface area contributed by atoms with Gasteiger partial charge in [0.2, 0.25) is 5.91 Å². The fourth-order valence-corrected chi connectivity index (χ4v) is 2.12. The highest BCUT2D eigenvalue weighted by Crippen LogP contribution is 2.08. The molecule has 0 aliphatic carbocycles. The van der Waals surface area contributed by atoms with E-state index in [0.717, 1.165) is 11.3 Å². The van der Waals surface area contributed by atoms with E-state index in [4.69, 9.17) is 4.74 Å². The second-order valence-electron chi connectivity index (χ2n) is 5.42. The smallest absolute Gasteiger partial charge is 0.251 e. The molecule has 2 amide bonds. The molecule has 0 bridgehead atoms. The first kappa shape index (κ1) is 17.5. The first-order valence-corrected chi connectivity index (χ1v) is 7.94. The quantitative estimate of drug-likeness (QED) is 0.732. The number of hydrogen-bond donors (Lipinski definition) is 2. The number of nitrogens with one attached hydrogen (secondary N) is 2. The zero-order valence-corrected chi connectivity index (χ0v) is 13.7. The minimum absolute atomic E-state index is 0.0354. The van der Waals surface area contributed by atoms with E-state index in [1.807, 2.05) is 49.4 Å². The van der Waals surface area contributed by atoms with Crippen molar-refractivity contribution in [3.05, 3.63) is 65.7 Å². The van der Waals surface area contributed by atoms with Crippen LogP contribution in [-0.2, 0) is 4.79 Å². The summed E-state index contributed by atoms with van der Waals surface area (Å²) in [4.78, 5) is 23.6. The maximum absolute atomic E-state index is 11.9. The number of ether oxygens (including phenoxy) is 1. The second kappa shape index (κ2) is 9.35. The lowest BCUT2D eigenvalue weighted by atomic mass is 10.1. The molecule has 0 saturated carbocycles. The van der Waals surface area contributed by atoms with Crippen molar-refractivity contribution in [2.24, 2.45) is 0 Å². The van der Waals surface area contributed by atoms with Crippen LogP contribution in [0.25, 0.3) is 0 Å². The van der Waals surface area contributed by atoms with Crippen LogP contribution < -0.4 is 15.4 Å². The Kier molecular flexibility index (Phi) is 6.83. The van der Waals surface area contributed by atoms with Gasteiger partial charge in [-0.1, -0.05) is 35.9 Å². The van der Waals surface area contributed by atoms with E-state index in [1.54, 1.807) is 12.1 Å². The molecule has 0 saturated heterocycles. The van der Waals surface area contributed by atoms with Crippen molar-refractivity contribution in [3.63, 3.8) is 0 Å². The Morgan fingerprint density at radius 1 is 1.00 bits per heavy atom. The van der Waals surface area contributed by atoms with Gasteiger partial charge in [-0.2, -0.15) is 0 Å². The van der Waals surface area contributed by atoms with Crippen molar-refractivity contribution >= 4 is 11.8 Å². The fourth-order valence-electron chi connectivity index (χ4n) is 2.12. The molecule has 0 aliphatic rings. The van der Waals surface area contributed by atoms with Gasteiger partial charge in [-0.25, -0.2) is 0 Å². The van der Waals surface area contributed by atoms with Gasteiger partial charge in [0.1, 0.15) is 5.75 Å². The zero-order chi connectivity index (χ0) is 17.2. The maximum atomic E-state index is 11.9. The van der Waals surface area contributed by atoms with E-state index in [9.17, 15) is 9.59 Å². The molecule has 2 aromatic rings. The second-order valence-corrected chi connectivity index (χ2v) is 5.42. The van der Waals surface area contributed by atoms with Gasteiger partial charge >= 0.3 is 0 Å². The van der Waals surface area contributed by atoms with Crippen LogP contribution >= 0.6 is 0 Å². The highest BCUT2D eigenvalue weighted by Gasteiger charge is 2.07. The number of para-hydroxylation sites is 1. The molecule has 0 aromatic heterocycles. The average Bonchev–Trinajstić information content (AvgIpc) is 2.60. The number of carbonyl (C=O) groups excluding carboxylic acids is 2. The molecule has 0 radical (unpaired) electrons. The average molecular weight is 326 g/mol. The molecule has 0 heterocycles. The minimum atomic E-state index is -0.249. The molecule has 126 valence electrons. The van der Waals surface area contributed by atoms with Gasteiger partial charge < -0.3 is 15.4 Å². The first-order chi connectivity index (χ1) is 11.6. The van der Waals surface area contributed by atoms with Crippen LogP contribution in [0.3, 0.4) is 0 Å². The number of benzene rings is 2. The number of carbonyl (C=O) groups is 2. The van der Waals surface area contributed by atoms with Gasteiger partial charge in [0, 0.05) is 12.1 Å². The van der Waals surface area contributed by atoms with E-state index in [0.29, 0.717) is 25.1 Å². The van der Waals surface area contributed by atoms with Crippen molar-refractivity contribution in [2.45, 2.75) is 13.3 Å². The largest absolute Gasteiger partial charge is 0.494 e. The predicted molar refractivity (Wildman–Crippen MR) is 93.1 cm³/mol. The molecule has 0 spiro atoms. The Morgan fingerprint density at radius 3 is 2.54 bits per heavy atom. The molecule has 0 unspecified atom stereocenters. The summed E-state index contributed by atoms with van der Waals surface area (Å²) in [6.07, 6.45) is 0.701. The van der Waals surface area contributed by atoms with Crippen molar-refractivity contribution in [1.82, 2.24) is 10.6 Å².